The van der Waals surface area contributed by atoms with E-state index >= 15 is 0 Å². The first-order valence-corrected chi connectivity index (χ1v) is 12.6. The van der Waals surface area contributed by atoms with Gasteiger partial charge in [-0.3, -0.25) is 9.59 Å². The number of hydrogen-bond donors (Lipinski definition) is 1. The predicted octanol–water partition coefficient (Wildman–Crippen LogP) is 1.95. The molecular weight excluding hydrogens is 414 g/mol. The van der Waals surface area contributed by atoms with Crippen LogP contribution in [0.15, 0.2) is 43.0 Å². The average Bonchev–Trinajstić information content (AvgIpc) is 2.82. The maximum absolute atomic E-state index is 13.1. The van der Waals surface area contributed by atoms with Crippen LogP contribution in [0, 0.1) is 5.92 Å². The lowest BCUT2D eigenvalue weighted by molar-refractivity contribution is -0.132. The zero-order valence-corrected chi connectivity index (χ0v) is 18.9. The molecule has 0 atom stereocenters. The Morgan fingerprint density at radius 1 is 1.03 bits per heavy atom. The highest BCUT2D eigenvalue weighted by Crippen LogP contribution is 2.26. The summed E-state index contributed by atoms with van der Waals surface area (Å²) in [5.74, 6) is 0.196. The molecule has 7 nitrogen and oxygen atoms in total. The van der Waals surface area contributed by atoms with Gasteiger partial charge in [0.1, 0.15) is 0 Å². The first-order chi connectivity index (χ1) is 14.9. The van der Waals surface area contributed by atoms with Crippen LogP contribution in [0.3, 0.4) is 0 Å². The Morgan fingerprint density at radius 3 is 2.29 bits per heavy atom. The number of sulfonamides is 1. The Kier molecular flexibility index (Phi) is 8.26. The molecule has 2 saturated heterocycles. The van der Waals surface area contributed by atoms with Crippen LogP contribution in [-0.2, 0) is 26.0 Å². The highest BCUT2D eigenvalue weighted by molar-refractivity contribution is 7.89. The lowest BCUT2D eigenvalue weighted by atomic mass is 9.98. The summed E-state index contributed by atoms with van der Waals surface area (Å²) >= 11 is 0. The normalized spacial score (nSPS) is 19.2. The van der Waals surface area contributed by atoms with E-state index < -0.39 is 15.3 Å². The molecule has 2 amide bonds. The van der Waals surface area contributed by atoms with E-state index in [1.165, 1.54) is 6.08 Å². The van der Waals surface area contributed by atoms with Gasteiger partial charge in [-0.25, -0.2) is 12.7 Å². The molecule has 0 unspecified atom stereocenters. The third-order valence-electron chi connectivity index (χ3n) is 6.37. The molecule has 31 heavy (non-hydrogen) atoms. The van der Waals surface area contributed by atoms with E-state index in [0.29, 0.717) is 64.3 Å². The Morgan fingerprint density at radius 2 is 1.68 bits per heavy atom. The van der Waals surface area contributed by atoms with Gasteiger partial charge in [0, 0.05) is 39.1 Å². The fourth-order valence-electron chi connectivity index (χ4n) is 4.35. The monoisotopic (exact) mass is 447 g/mol. The molecule has 2 fully saturated rings. The number of nitrogens with one attached hydrogen (secondary N) is 1. The highest BCUT2D eigenvalue weighted by atomic mass is 32.2. The summed E-state index contributed by atoms with van der Waals surface area (Å²) in [6.45, 7) is 5.98. The number of aryl methyl sites for hydroxylation is 1. The van der Waals surface area contributed by atoms with E-state index in [1.807, 2.05) is 35.2 Å². The van der Waals surface area contributed by atoms with E-state index in [0.717, 1.165) is 18.4 Å². The second-order valence-corrected chi connectivity index (χ2v) is 10.6. The first kappa shape index (κ1) is 23.5. The molecule has 2 aliphatic rings. The van der Waals surface area contributed by atoms with Crippen molar-refractivity contribution < 1.29 is 18.0 Å². The van der Waals surface area contributed by atoms with E-state index in [1.54, 1.807) is 4.31 Å². The van der Waals surface area contributed by atoms with Crippen molar-refractivity contribution in [2.75, 3.05) is 32.7 Å². The number of carbonyl (C=O) groups excluding carboxylic acids is 2. The maximum Gasteiger partial charge on any atom is 0.243 e. The second kappa shape index (κ2) is 10.9. The van der Waals surface area contributed by atoms with Gasteiger partial charge in [-0.2, -0.15) is 0 Å². The van der Waals surface area contributed by atoms with Gasteiger partial charge in [-0.1, -0.05) is 36.9 Å². The van der Waals surface area contributed by atoms with E-state index in [-0.39, 0.29) is 11.8 Å². The second-order valence-electron chi connectivity index (χ2n) is 8.40. The lowest BCUT2D eigenvalue weighted by Crippen LogP contribution is -2.49. The van der Waals surface area contributed by atoms with Gasteiger partial charge in [-0.15, -0.1) is 0 Å². The van der Waals surface area contributed by atoms with Crippen molar-refractivity contribution in [3.63, 3.8) is 0 Å². The molecule has 3 rings (SSSR count). The Bertz CT molecular complexity index is 856. The molecule has 1 N–H and O–H groups in total. The van der Waals surface area contributed by atoms with Crippen molar-refractivity contribution in [1.29, 1.82) is 0 Å². The zero-order valence-electron chi connectivity index (χ0n) is 18.0. The van der Waals surface area contributed by atoms with Crippen LogP contribution in [0.1, 0.15) is 37.7 Å². The van der Waals surface area contributed by atoms with Crippen LogP contribution >= 0.6 is 0 Å². The van der Waals surface area contributed by atoms with E-state index in [9.17, 15) is 18.0 Å². The first-order valence-electron chi connectivity index (χ1n) is 11.1. The summed E-state index contributed by atoms with van der Waals surface area (Å²) < 4.78 is 27.8. The van der Waals surface area contributed by atoms with Crippen molar-refractivity contribution in [3.8, 4) is 0 Å². The minimum atomic E-state index is -3.36. The number of benzene rings is 1. The summed E-state index contributed by atoms with van der Waals surface area (Å²) in [6, 6.07) is 9.93. The third-order valence-corrected chi connectivity index (χ3v) is 8.77. The molecule has 170 valence electrons. The minimum Gasteiger partial charge on any atom is -0.352 e. The van der Waals surface area contributed by atoms with Gasteiger partial charge in [0.25, 0.3) is 0 Å². The molecular formula is C23H33N3O4S. The molecule has 2 aliphatic heterocycles. The standard InChI is InChI=1S/C23H33N3O4S/c1-2-22(27)24-18-20-10-16-26(17-11-20)31(29,30)21-12-14-25(15-13-21)23(28)9-8-19-6-4-3-5-7-19/h2-7,20-21H,1,8-18H2,(H,24,27). The lowest BCUT2D eigenvalue weighted by Gasteiger charge is -2.37. The van der Waals surface area contributed by atoms with Gasteiger partial charge in [0.05, 0.1) is 5.25 Å². The van der Waals surface area contributed by atoms with Crippen LogP contribution in [0.25, 0.3) is 0 Å². The topological polar surface area (TPSA) is 86.8 Å². The Hall–Kier alpha value is -2.19. The number of amides is 2. The quantitative estimate of drug-likeness (QED) is 0.617. The molecule has 1 aromatic carbocycles. The highest BCUT2D eigenvalue weighted by Gasteiger charge is 2.37. The van der Waals surface area contributed by atoms with Gasteiger partial charge in [-0.05, 0) is 49.7 Å². The SMILES string of the molecule is C=CC(=O)NCC1CCN(S(=O)(=O)C2CCN(C(=O)CCc3ccccc3)CC2)CC1. The van der Waals surface area contributed by atoms with Crippen molar-refractivity contribution in [2.45, 2.75) is 43.8 Å². The fraction of sp³-hybridized carbons (Fsp3) is 0.565. The molecule has 0 saturated carbocycles. The summed E-state index contributed by atoms with van der Waals surface area (Å²) in [5.41, 5.74) is 1.14. The van der Waals surface area contributed by atoms with Crippen molar-refractivity contribution >= 4 is 21.8 Å². The number of hydrogen-bond acceptors (Lipinski definition) is 4. The number of carbonyl (C=O) groups is 2. The van der Waals surface area contributed by atoms with Crippen LogP contribution < -0.4 is 5.32 Å². The Labute approximate surface area is 185 Å². The minimum absolute atomic E-state index is 0.0992. The third kappa shape index (κ3) is 6.40. The van der Waals surface area contributed by atoms with Crippen LogP contribution in [-0.4, -0.2) is 67.4 Å². The number of piperidine rings is 2. The summed E-state index contributed by atoms with van der Waals surface area (Å²) in [4.78, 5) is 25.6. The van der Waals surface area contributed by atoms with Crippen LogP contribution in [0.5, 0.6) is 0 Å². The Balaban J connectivity index is 1.42. The zero-order chi connectivity index (χ0) is 22.3. The number of nitrogens with zero attached hydrogens (tertiary/aromatic N) is 2. The molecule has 1 aromatic rings. The van der Waals surface area contributed by atoms with Gasteiger partial charge >= 0.3 is 0 Å². The van der Waals surface area contributed by atoms with Crippen molar-refractivity contribution in [2.24, 2.45) is 5.92 Å². The summed E-state index contributed by atoms with van der Waals surface area (Å²) in [7, 11) is -3.36. The average molecular weight is 448 g/mol. The largest absolute Gasteiger partial charge is 0.352 e. The summed E-state index contributed by atoms with van der Waals surface area (Å²) in [6.07, 6.45) is 4.89. The van der Waals surface area contributed by atoms with E-state index in [2.05, 4.69) is 11.9 Å². The van der Waals surface area contributed by atoms with Crippen LogP contribution in [0.4, 0.5) is 0 Å². The van der Waals surface area contributed by atoms with Crippen molar-refractivity contribution in [1.82, 2.24) is 14.5 Å². The van der Waals surface area contributed by atoms with E-state index in [4.69, 9.17) is 0 Å². The smallest absolute Gasteiger partial charge is 0.243 e. The fourth-order valence-corrected chi connectivity index (χ4v) is 6.30. The van der Waals surface area contributed by atoms with Crippen molar-refractivity contribution in [3.05, 3.63) is 48.6 Å². The molecule has 0 bridgehead atoms. The molecule has 2 heterocycles. The molecule has 0 aliphatic carbocycles. The molecule has 0 aromatic heterocycles. The maximum atomic E-state index is 13.1. The summed E-state index contributed by atoms with van der Waals surface area (Å²) in [5, 5.41) is 2.38. The van der Waals surface area contributed by atoms with Gasteiger partial charge in [0.15, 0.2) is 0 Å². The molecule has 0 radical (unpaired) electrons. The van der Waals surface area contributed by atoms with Crippen LogP contribution in [0.2, 0.25) is 0 Å². The number of likely N-dealkylation sites (tertiary alicyclic amines) is 1. The molecule has 0 spiro atoms. The number of rotatable bonds is 8. The predicted molar refractivity (Wildman–Crippen MR) is 121 cm³/mol. The van der Waals surface area contributed by atoms with Gasteiger partial charge < -0.3 is 10.2 Å². The van der Waals surface area contributed by atoms with Gasteiger partial charge in [0.2, 0.25) is 21.8 Å². The molecule has 8 heteroatoms.